The molecule has 1 aromatic carbocycles. The highest BCUT2D eigenvalue weighted by molar-refractivity contribution is 5.77. The van der Waals surface area contributed by atoms with Crippen molar-refractivity contribution in [2.45, 2.75) is 39.2 Å². The maximum Gasteiger partial charge on any atom is 0.135 e. The summed E-state index contributed by atoms with van der Waals surface area (Å²) in [7, 11) is 0. The summed E-state index contributed by atoms with van der Waals surface area (Å²) in [5.74, 6) is 0.681. The lowest BCUT2D eigenvalue weighted by molar-refractivity contribution is 0.0540. The SMILES string of the molecule is CCC1(C)CCN(CC(O)c2cc3ccccc3o2)CC1. The monoisotopic (exact) mass is 287 g/mol. The van der Waals surface area contributed by atoms with Crippen LogP contribution in [0.1, 0.15) is 45.0 Å². The standard InChI is InChI=1S/C18H25NO2/c1-3-18(2)8-10-19(11-9-18)13-15(20)17-12-14-6-4-5-7-16(14)21-17/h4-7,12,15,20H,3,8-11,13H2,1-2H3. The molecule has 0 aliphatic carbocycles. The molecule has 0 bridgehead atoms. The number of furan rings is 1. The van der Waals surface area contributed by atoms with Crippen molar-refractivity contribution < 1.29 is 9.52 Å². The Labute approximate surface area is 126 Å². The van der Waals surface area contributed by atoms with Gasteiger partial charge in [-0.2, -0.15) is 0 Å². The summed E-state index contributed by atoms with van der Waals surface area (Å²) < 4.78 is 5.76. The lowest BCUT2D eigenvalue weighted by Crippen LogP contribution is -2.40. The van der Waals surface area contributed by atoms with E-state index in [2.05, 4.69) is 18.7 Å². The molecule has 2 heterocycles. The van der Waals surface area contributed by atoms with Gasteiger partial charge in [-0.25, -0.2) is 0 Å². The van der Waals surface area contributed by atoms with Crippen molar-refractivity contribution in [2.75, 3.05) is 19.6 Å². The van der Waals surface area contributed by atoms with Gasteiger partial charge in [-0.05, 0) is 43.5 Å². The fraction of sp³-hybridized carbons (Fsp3) is 0.556. The maximum absolute atomic E-state index is 10.4. The molecule has 1 aromatic heterocycles. The molecule has 0 spiro atoms. The van der Waals surface area contributed by atoms with E-state index in [4.69, 9.17) is 4.42 Å². The van der Waals surface area contributed by atoms with E-state index in [0.29, 0.717) is 17.7 Å². The van der Waals surface area contributed by atoms with Crippen LogP contribution >= 0.6 is 0 Å². The molecule has 0 amide bonds. The number of likely N-dealkylation sites (tertiary alicyclic amines) is 1. The lowest BCUT2D eigenvalue weighted by atomic mass is 9.78. The predicted octanol–water partition coefficient (Wildman–Crippen LogP) is 3.98. The van der Waals surface area contributed by atoms with E-state index < -0.39 is 6.10 Å². The fourth-order valence-corrected chi connectivity index (χ4v) is 3.13. The lowest BCUT2D eigenvalue weighted by Gasteiger charge is -2.39. The topological polar surface area (TPSA) is 36.6 Å². The molecular formula is C18H25NO2. The summed E-state index contributed by atoms with van der Waals surface area (Å²) in [5, 5.41) is 11.5. The van der Waals surface area contributed by atoms with Gasteiger partial charge < -0.3 is 14.4 Å². The summed E-state index contributed by atoms with van der Waals surface area (Å²) in [6.07, 6.45) is 3.14. The number of para-hydroxylation sites is 1. The Morgan fingerprint density at radius 3 is 2.67 bits per heavy atom. The van der Waals surface area contributed by atoms with Crippen molar-refractivity contribution in [1.82, 2.24) is 4.90 Å². The first-order valence-corrected chi connectivity index (χ1v) is 7.98. The number of aliphatic hydroxyl groups excluding tert-OH is 1. The Bertz CT molecular complexity index is 563. The molecule has 0 saturated carbocycles. The Kier molecular flexibility index (Phi) is 4.05. The summed E-state index contributed by atoms with van der Waals surface area (Å²) >= 11 is 0. The molecule has 1 fully saturated rings. The molecule has 1 atom stereocenters. The van der Waals surface area contributed by atoms with Crippen LogP contribution in [0.5, 0.6) is 0 Å². The highest BCUT2D eigenvalue weighted by Gasteiger charge is 2.29. The van der Waals surface area contributed by atoms with Crippen LogP contribution in [0.3, 0.4) is 0 Å². The van der Waals surface area contributed by atoms with Crippen LogP contribution in [0.25, 0.3) is 11.0 Å². The van der Waals surface area contributed by atoms with Gasteiger partial charge in [-0.1, -0.05) is 38.5 Å². The second kappa shape index (κ2) is 5.82. The van der Waals surface area contributed by atoms with E-state index in [-0.39, 0.29) is 0 Å². The molecule has 3 rings (SSSR count). The number of aliphatic hydroxyl groups is 1. The molecule has 1 aliphatic rings. The predicted molar refractivity (Wildman–Crippen MR) is 85.2 cm³/mol. The van der Waals surface area contributed by atoms with Crippen LogP contribution in [0.4, 0.5) is 0 Å². The third kappa shape index (κ3) is 3.14. The number of benzene rings is 1. The third-order valence-corrected chi connectivity index (χ3v) is 5.12. The first kappa shape index (κ1) is 14.6. The number of nitrogens with zero attached hydrogens (tertiary/aromatic N) is 1. The van der Waals surface area contributed by atoms with Gasteiger partial charge in [-0.3, -0.25) is 0 Å². The number of rotatable bonds is 4. The first-order chi connectivity index (χ1) is 10.1. The first-order valence-electron chi connectivity index (χ1n) is 7.98. The van der Waals surface area contributed by atoms with Crippen molar-refractivity contribution >= 4 is 11.0 Å². The number of hydrogen-bond acceptors (Lipinski definition) is 3. The van der Waals surface area contributed by atoms with Crippen molar-refractivity contribution in [2.24, 2.45) is 5.41 Å². The van der Waals surface area contributed by atoms with Crippen LogP contribution in [0.2, 0.25) is 0 Å². The van der Waals surface area contributed by atoms with Gasteiger partial charge in [0.1, 0.15) is 17.4 Å². The van der Waals surface area contributed by atoms with Gasteiger partial charge in [0.05, 0.1) is 0 Å². The highest BCUT2D eigenvalue weighted by atomic mass is 16.4. The van der Waals surface area contributed by atoms with Gasteiger partial charge in [0.15, 0.2) is 0 Å². The normalized spacial score (nSPS) is 20.7. The number of β-amino-alcohol motifs (C(OH)–C–C–N with tert-alkyl or cyclic N) is 1. The van der Waals surface area contributed by atoms with E-state index in [9.17, 15) is 5.11 Å². The highest BCUT2D eigenvalue weighted by Crippen LogP contribution is 2.34. The molecule has 0 radical (unpaired) electrons. The quantitative estimate of drug-likeness (QED) is 0.924. The largest absolute Gasteiger partial charge is 0.458 e. The summed E-state index contributed by atoms with van der Waals surface area (Å²) in [5.41, 5.74) is 1.34. The van der Waals surface area contributed by atoms with Crippen LogP contribution in [0.15, 0.2) is 34.7 Å². The second-order valence-electron chi connectivity index (χ2n) is 6.67. The van der Waals surface area contributed by atoms with Crippen LogP contribution in [0, 0.1) is 5.41 Å². The van der Waals surface area contributed by atoms with Crippen molar-refractivity contribution in [1.29, 1.82) is 0 Å². The minimum atomic E-state index is -0.539. The van der Waals surface area contributed by atoms with Crippen LogP contribution < -0.4 is 0 Å². The smallest absolute Gasteiger partial charge is 0.135 e. The molecule has 1 N–H and O–H groups in total. The Hall–Kier alpha value is -1.32. The third-order valence-electron chi connectivity index (χ3n) is 5.12. The fourth-order valence-electron chi connectivity index (χ4n) is 3.13. The molecule has 1 saturated heterocycles. The van der Waals surface area contributed by atoms with Gasteiger partial charge >= 0.3 is 0 Å². The number of fused-ring (bicyclic) bond motifs is 1. The maximum atomic E-state index is 10.4. The van der Waals surface area contributed by atoms with E-state index in [1.54, 1.807) is 0 Å². The molecule has 3 heteroatoms. The zero-order valence-electron chi connectivity index (χ0n) is 13.0. The molecule has 114 valence electrons. The van der Waals surface area contributed by atoms with E-state index >= 15 is 0 Å². The second-order valence-corrected chi connectivity index (χ2v) is 6.67. The van der Waals surface area contributed by atoms with E-state index in [0.717, 1.165) is 24.1 Å². The van der Waals surface area contributed by atoms with Crippen LogP contribution in [-0.2, 0) is 0 Å². The molecule has 2 aromatic rings. The van der Waals surface area contributed by atoms with Gasteiger partial charge in [0.25, 0.3) is 0 Å². The van der Waals surface area contributed by atoms with Gasteiger partial charge in [0.2, 0.25) is 0 Å². The molecule has 1 unspecified atom stereocenters. The molecular weight excluding hydrogens is 262 g/mol. The Balaban J connectivity index is 1.63. The molecule has 21 heavy (non-hydrogen) atoms. The minimum Gasteiger partial charge on any atom is -0.458 e. The number of hydrogen-bond donors (Lipinski definition) is 1. The van der Waals surface area contributed by atoms with E-state index in [1.165, 1.54) is 19.3 Å². The zero-order valence-corrected chi connectivity index (χ0v) is 13.0. The Morgan fingerprint density at radius 2 is 2.00 bits per heavy atom. The average molecular weight is 287 g/mol. The summed E-state index contributed by atoms with van der Waals surface area (Å²) in [6.45, 7) is 7.46. The zero-order chi connectivity index (χ0) is 14.9. The summed E-state index contributed by atoms with van der Waals surface area (Å²) in [4.78, 5) is 2.36. The van der Waals surface area contributed by atoms with Crippen LogP contribution in [-0.4, -0.2) is 29.6 Å². The number of piperidine rings is 1. The van der Waals surface area contributed by atoms with E-state index in [1.807, 2.05) is 30.3 Å². The van der Waals surface area contributed by atoms with Gasteiger partial charge in [0, 0.05) is 11.9 Å². The van der Waals surface area contributed by atoms with Crippen molar-refractivity contribution in [3.8, 4) is 0 Å². The van der Waals surface area contributed by atoms with Crippen molar-refractivity contribution in [3.05, 3.63) is 36.1 Å². The van der Waals surface area contributed by atoms with Gasteiger partial charge in [-0.15, -0.1) is 0 Å². The molecule has 3 nitrogen and oxygen atoms in total. The average Bonchev–Trinajstić information content (AvgIpc) is 2.94. The summed E-state index contributed by atoms with van der Waals surface area (Å²) in [6, 6.07) is 9.87. The molecule has 1 aliphatic heterocycles. The minimum absolute atomic E-state index is 0.487. The van der Waals surface area contributed by atoms with Crippen molar-refractivity contribution in [3.63, 3.8) is 0 Å². The Morgan fingerprint density at radius 1 is 1.29 bits per heavy atom.